The molecule has 6 nitrogen and oxygen atoms in total. The summed E-state index contributed by atoms with van der Waals surface area (Å²) in [4.78, 5) is 5.64. The Kier molecular flexibility index (Phi) is 3.33. The molecule has 1 heterocycles. The second-order valence-electron chi connectivity index (χ2n) is 3.03. The maximum Gasteiger partial charge on any atom is 0.207 e. The molecule has 0 saturated heterocycles. The van der Waals surface area contributed by atoms with E-state index < -0.39 is 0 Å². The minimum atomic E-state index is -0.161. The monoisotopic (exact) mass is 209 g/mol. The summed E-state index contributed by atoms with van der Waals surface area (Å²) < 4.78 is 5.40. The molecule has 82 valence electrons. The SMILES string of the molecule is C/N=C(/NC(=N)N)N(C)c1ccc(C)o1. The van der Waals surface area contributed by atoms with E-state index in [9.17, 15) is 0 Å². The van der Waals surface area contributed by atoms with Gasteiger partial charge in [-0.05, 0) is 13.0 Å². The molecular weight excluding hydrogens is 194 g/mol. The molecule has 0 aliphatic carbocycles. The number of aryl methyl sites for hydroxylation is 1. The number of nitrogens with zero attached hydrogens (tertiary/aromatic N) is 2. The fourth-order valence-corrected chi connectivity index (χ4v) is 1.12. The van der Waals surface area contributed by atoms with Crippen molar-refractivity contribution in [3.8, 4) is 0 Å². The smallest absolute Gasteiger partial charge is 0.207 e. The molecule has 0 bridgehead atoms. The molecule has 0 spiro atoms. The van der Waals surface area contributed by atoms with Crippen LogP contribution in [0.2, 0.25) is 0 Å². The predicted molar refractivity (Wildman–Crippen MR) is 60.3 cm³/mol. The van der Waals surface area contributed by atoms with E-state index in [-0.39, 0.29) is 5.96 Å². The molecule has 0 aliphatic heterocycles. The molecule has 0 aromatic carbocycles. The summed E-state index contributed by atoms with van der Waals surface area (Å²) in [7, 11) is 3.38. The minimum Gasteiger partial charge on any atom is -0.445 e. The molecular formula is C9H15N5O. The van der Waals surface area contributed by atoms with Crippen molar-refractivity contribution in [3.63, 3.8) is 0 Å². The zero-order valence-electron chi connectivity index (χ0n) is 9.03. The summed E-state index contributed by atoms with van der Waals surface area (Å²) >= 11 is 0. The van der Waals surface area contributed by atoms with E-state index in [1.54, 1.807) is 19.0 Å². The van der Waals surface area contributed by atoms with Crippen molar-refractivity contribution in [2.24, 2.45) is 10.7 Å². The average molecular weight is 209 g/mol. The summed E-state index contributed by atoms with van der Waals surface area (Å²) in [5.74, 6) is 1.75. The van der Waals surface area contributed by atoms with Gasteiger partial charge in [0, 0.05) is 20.2 Å². The largest absolute Gasteiger partial charge is 0.445 e. The number of aliphatic imine (C=N–C) groups is 1. The Bertz CT molecular complexity index is 382. The average Bonchev–Trinajstić information content (AvgIpc) is 2.60. The molecule has 6 heteroatoms. The Morgan fingerprint density at radius 1 is 1.60 bits per heavy atom. The van der Waals surface area contributed by atoms with Gasteiger partial charge in [-0.25, -0.2) is 0 Å². The molecule has 0 unspecified atom stereocenters. The molecule has 0 aliphatic rings. The summed E-state index contributed by atoms with van der Waals surface area (Å²) in [5.41, 5.74) is 5.22. The molecule has 0 saturated carbocycles. The van der Waals surface area contributed by atoms with Gasteiger partial charge in [0.2, 0.25) is 11.8 Å². The number of hydrogen-bond donors (Lipinski definition) is 3. The van der Waals surface area contributed by atoms with Gasteiger partial charge < -0.3 is 10.2 Å². The molecule has 0 radical (unpaired) electrons. The Balaban J connectivity index is 2.82. The number of anilines is 1. The first-order valence-electron chi connectivity index (χ1n) is 4.42. The van der Waals surface area contributed by atoms with Crippen LogP contribution in [0.25, 0.3) is 0 Å². The number of rotatable bonds is 1. The van der Waals surface area contributed by atoms with E-state index in [1.807, 2.05) is 19.1 Å². The lowest BCUT2D eigenvalue weighted by Gasteiger charge is -2.18. The molecule has 1 aromatic heterocycles. The zero-order valence-corrected chi connectivity index (χ0v) is 9.03. The van der Waals surface area contributed by atoms with Crippen molar-refractivity contribution in [3.05, 3.63) is 17.9 Å². The topological polar surface area (TPSA) is 90.6 Å². The van der Waals surface area contributed by atoms with Crippen LogP contribution in [0.1, 0.15) is 5.76 Å². The van der Waals surface area contributed by atoms with Crippen LogP contribution in [0.3, 0.4) is 0 Å². The fourth-order valence-electron chi connectivity index (χ4n) is 1.12. The van der Waals surface area contributed by atoms with E-state index in [0.29, 0.717) is 11.8 Å². The molecule has 1 rings (SSSR count). The van der Waals surface area contributed by atoms with Crippen molar-refractivity contribution >= 4 is 17.8 Å². The highest BCUT2D eigenvalue weighted by atomic mass is 16.4. The van der Waals surface area contributed by atoms with Gasteiger partial charge in [-0.2, -0.15) is 0 Å². The van der Waals surface area contributed by atoms with Gasteiger partial charge in [-0.15, -0.1) is 0 Å². The highest BCUT2D eigenvalue weighted by Gasteiger charge is 2.11. The Hall–Kier alpha value is -1.98. The van der Waals surface area contributed by atoms with Crippen molar-refractivity contribution in [2.75, 3.05) is 19.0 Å². The van der Waals surface area contributed by atoms with Crippen LogP contribution in [0.5, 0.6) is 0 Å². The van der Waals surface area contributed by atoms with Crippen molar-refractivity contribution < 1.29 is 4.42 Å². The molecule has 0 atom stereocenters. The van der Waals surface area contributed by atoms with Crippen LogP contribution in [-0.2, 0) is 0 Å². The van der Waals surface area contributed by atoms with Crippen LogP contribution >= 0.6 is 0 Å². The normalized spacial score (nSPS) is 11.3. The van der Waals surface area contributed by atoms with Crippen molar-refractivity contribution in [2.45, 2.75) is 6.92 Å². The highest BCUT2D eigenvalue weighted by molar-refractivity contribution is 6.04. The van der Waals surface area contributed by atoms with Gasteiger partial charge in [0.25, 0.3) is 0 Å². The maximum atomic E-state index is 7.12. The van der Waals surface area contributed by atoms with Gasteiger partial charge >= 0.3 is 0 Å². The summed E-state index contributed by atoms with van der Waals surface area (Å²) in [6.07, 6.45) is 0. The summed E-state index contributed by atoms with van der Waals surface area (Å²) in [6.45, 7) is 1.86. The van der Waals surface area contributed by atoms with Crippen molar-refractivity contribution in [1.29, 1.82) is 5.41 Å². The van der Waals surface area contributed by atoms with Gasteiger partial charge in [-0.1, -0.05) is 0 Å². The third kappa shape index (κ3) is 2.73. The maximum absolute atomic E-state index is 7.12. The third-order valence-corrected chi connectivity index (χ3v) is 1.83. The first-order chi connectivity index (χ1) is 7.04. The number of hydrogen-bond acceptors (Lipinski definition) is 3. The summed E-state index contributed by atoms with van der Waals surface area (Å²) in [6, 6.07) is 3.68. The lowest BCUT2D eigenvalue weighted by molar-refractivity contribution is 0.539. The quantitative estimate of drug-likeness (QED) is 0.464. The third-order valence-electron chi connectivity index (χ3n) is 1.83. The molecule has 0 fully saturated rings. The van der Waals surface area contributed by atoms with Crippen LogP contribution in [0, 0.1) is 12.3 Å². The number of nitrogens with one attached hydrogen (secondary N) is 2. The van der Waals surface area contributed by atoms with E-state index >= 15 is 0 Å². The number of furan rings is 1. The number of guanidine groups is 2. The first-order valence-corrected chi connectivity index (χ1v) is 4.42. The Labute approximate surface area is 88.3 Å². The highest BCUT2D eigenvalue weighted by Crippen LogP contribution is 2.16. The molecule has 4 N–H and O–H groups in total. The van der Waals surface area contributed by atoms with Crippen LogP contribution in [-0.4, -0.2) is 26.0 Å². The second kappa shape index (κ2) is 4.50. The van der Waals surface area contributed by atoms with Crippen LogP contribution in [0.4, 0.5) is 5.88 Å². The van der Waals surface area contributed by atoms with Gasteiger partial charge in [0.05, 0.1) is 0 Å². The molecule has 0 amide bonds. The van der Waals surface area contributed by atoms with Gasteiger partial charge in [0.15, 0.2) is 5.96 Å². The van der Waals surface area contributed by atoms with Crippen LogP contribution in [0.15, 0.2) is 21.5 Å². The zero-order chi connectivity index (χ0) is 11.4. The van der Waals surface area contributed by atoms with Gasteiger partial charge in [0.1, 0.15) is 5.76 Å². The van der Waals surface area contributed by atoms with E-state index in [1.165, 1.54) is 0 Å². The predicted octanol–water partition coefficient (Wildman–Crippen LogP) is 0.493. The standard InChI is InChI=1S/C9H15N5O/c1-6-4-5-7(15-6)14(3)9(12-2)13-8(10)11/h4-5H,1-3H3,(H4,10,11,12,13). The number of nitrogens with two attached hydrogens (primary N) is 1. The van der Waals surface area contributed by atoms with Crippen LogP contribution < -0.4 is 16.0 Å². The van der Waals surface area contributed by atoms with Gasteiger partial charge in [-0.3, -0.25) is 20.6 Å². The minimum absolute atomic E-state index is 0.161. The summed E-state index contributed by atoms with van der Waals surface area (Å²) in [5, 5.41) is 9.73. The lowest BCUT2D eigenvalue weighted by Crippen LogP contribution is -2.45. The Morgan fingerprint density at radius 3 is 2.67 bits per heavy atom. The molecule has 15 heavy (non-hydrogen) atoms. The Morgan fingerprint density at radius 2 is 2.27 bits per heavy atom. The lowest BCUT2D eigenvalue weighted by atomic mass is 10.5. The van der Waals surface area contributed by atoms with E-state index in [4.69, 9.17) is 15.6 Å². The van der Waals surface area contributed by atoms with Crippen molar-refractivity contribution in [1.82, 2.24) is 5.32 Å². The molecule has 1 aromatic rings. The fraction of sp³-hybridized carbons (Fsp3) is 0.333. The first kappa shape index (κ1) is 11.1. The van der Waals surface area contributed by atoms with E-state index in [0.717, 1.165) is 5.76 Å². The second-order valence-corrected chi connectivity index (χ2v) is 3.03. The van der Waals surface area contributed by atoms with E-state index in [2.05, 4.69) is 10.3 Å².